The molecule has 8 heteroatoms. The van der Waals surface area contributed by atoms with Crippen LogP contribution in [0.3, 0.4) is 0 Å². The van der Waals surface area contributed by atoms with Gasteiger partial charge >= 0.3 is 5.97 Å². The normalized spacial score (nSPS) is 9.81. The van der Waals surface area contributed by atoms with E-state index in [1.54, 1.807) is 24.3 Å². The van der Waals surface area contributed by atoms with Crippen molar-refractivity contribution < 1.29 is 19.1 Å². The Morgan fingerprint density at radius 3 is 2.44 bits per heavy atom. The number of nitrogens with zero attached hydrogens (tertiary/aromatic N) is 1. The molecular weight excluding hydrogens is 370 g/mol. The van der Waals surface area contributed by atoms with E-state index in [0.717, 1.165) is 0 Å². The standard InChI is InChI=1S/C19H16ClN3O4/c1-12(24)22-16-6-2-13(3-7-16)8-19(26)27-11-18(25)23-17-9-15(20)5-4-14(17)10-21/h2-7,9H,8,11H2,1H3,(H,22,24)(H,23,25). The third kappa shape index (κ3) is 6.45. The number of nitrogens with one attached hydrogen (secondary N) is 2. The van der Waals surface area contributed by atoms with Crippen LogP contribution in [-0.2, 0) is 25.5 Å². The first-order valence-electron chi connectivity index (χ1n) is 7.89. The minimum atomic E-state index is -0.580. The summed E-state index contributed by atoms with van der Waals surface area (Å²) in [7, 11) is 0. The Balaban J connectivity index is 1.85. The Labute approximate surface area is 160 Å². The number of rotatable bonds is 6. The summed E-state index contributed by atoms with van der Waals surface area (Å²) in [5, 5.41) is 14.5. The van der Waals surface area contributed by atoms with E-state index >= 15 is 0 Å². The van der Waals surface area contributed by atoms with E-state index in [1.165, 1.54) is 25.1 Å². The average molecular weight is 386 g/mol. The summed E-state index contributed by atoms with van der Waals surface area (Å²) < 4.78 is 4.94. The van der Waals surface area contributed by atoms with Crippen molar-refractivity contribution in [2.24, 2.45) is 0 Å². The summed E-state index contributed by atoms with van der Waals surface area (Å²) in [5.41, 5.74) is 1.79. The molecule has 2 N–H and O–H groups in total. The van der Waals surface area contributed by atoms with E-state index in [9.17, 15) is 14.4 Å². The van der Waals surface area contributed by atoms with Crippen molar-refractivity contribution in [1.82, 2.24) is 0 Å². The van der Waals surface area contributed by atoms with Crippen LogP contribution in [0.25, 0.3) is 0 Å². The molecule has 2 amide bonds. The van der Waals surface area contributed by atoms with E-state index < -0.39 is 18.5 Å². The fraction of sp³-hybridized carbons (Fsp3) is 0.158. The first-order valence-corrected chi connectivity index (χ1v) is 8.27. The SMILES string of the molecule is CC(=O)Nc1ccc(CC(=O)OCC(=O)Nc2cc(Cl)ccc2C#N)cc1. The first-order chi connectivity index (χ1) is 12.9. The molecule has 0 aliphatic rings. The van der Waals surface area contributed by atoms with Crippen LogP contribution in [0, 0.1) is 11.3 Å². The number of hydrogen-bond acceptors (Lipinski definition) is 5. The second-order valence-corrected chi connectivity index (χ2v) is 6.00. The van der Waals surface area contributed by atoms with Crippen molar-refractivity contribution >= 4 is 40.8 Å². The Morgan fingerprint density at radius 2 is 1.81 bits per heavy atom. The minimum absolute atomic E-state index is 0.0196. The number of hydrogen-bond donors (Lipinski definition) is 2. The topological polar surface area (TPSA) is 108 Å². The Bertz CT molecular complexity index is 904. The van der Waals surface area contributed by atoms with Crippen LogP contribution in [0.15, 0.2) is 42.5 Å². The smallest absolute Gasteiger partial charge is 0.310 e. The highest BCUT2D eigenvalue weighted by atomic mass is 35.5. The summed E-state index contributed by atoms with van der Waals surface area (Å²) in [5.74, 6) is -1.35. The van der Waals surface area contributed by atoms with Crippen LogP contribution in [0.4, 0.5) is 11.4 Å². The summed E-state index contributed by atoms with van der Waals surface area (Å²) >= 11 is 5.84. The molecule has 2 aromatic carbocycles. The highest BCUT2D eigenvalue weighted by Crippen LogP contribution is 2.20. The summed E-state index contributed by atoms with van der Waals surface area (Å²) in [4.78, 5) is 34.7. The van der Waals surface area contributed by atoms with Crippen LogP contribution in [-0.4, -0.2) is 24.4 Å². The van der Waals surface area contributed by atoms with Crippen LogP contribution < -0.4 is 10.6 Å². The molecule has 2 rings (SSSR count). The molecule has 0 heterocycles. The van der Waals surface area contributed by atoms with Crippen molar-refractivity contribution in [1.29, 1.82) is 5.26 Å². The first kappa shape index (κ1) is 19.9. The van der Waals surface area contributed by atoms with Gasteiger partial charge in [-0.1, -0.05) is 23.7 Å². The fourth-order valence-corrected chi connectivity index (χ4v) is 2.35. The molecule has 0 aromatic heterocycles. The number of esters is 1. The van der Waals surface area contributed by atoms with Gasteiger partial charge < -0.3 is 15.4 Å². The number of ether oxygens (including phenoxy) is 1. The highest BCUT2D eigenvalue weighted by Gasteiger charge is 2.11. The van der Waals surface area contributed by atoms with Crippen LogP contribution in [0.5, 0.6) is 0 Å². The van der Waals surface area contributed by atoms with Gasteiger partial charge in [0.25, 0.3) is 5.91 Å². The molecule has 0 atom stereocenters. The summed E-state index contributed by atoms with van der Waals surface area (Å²) in [6, 6.07) is 13.1. The number of benzene rings is 2. The van der Waals surface area contributed by atoms with E-state index in [4.69, 9.17) is 21.6 Å². The van der Waals surface area contributed by atoms with E-state index in [0.29, 0.717) is 16.3 Å². The van der Waals surface area contributed by atoms with Crippen molar-refractivity contribution in [3.8, 4) is 6.07 Å². The zero-order valence-corrected chi connectivity index (χ0v) is 15.2. The molecule has 0 aliphatic carbocycles. The van der Waals surface area contributed by atoms with Crippen molar-refractivity contribution in [2.75, 3.05) is 17.2 Å². The second-order valence-electron chi connectivity index (χ2n) is 5.57. The number of carbonyl (C=O) groups excluding carboxylic acids is 3. The molecule has 27 heavy (non-hydrogen) atoms. The number of nitriles is 1. The third-order valence-electron chi connectivity index (χ3n) is 3.36. The van der Waals surface area contributed by atoms with E-state index in [-0.39, 0.29) is 23.6 Å². The number of anilines is 2. The zero-order valence-electron chi connectivity index (χ0n) is 14.4. The van der Waals surface area contributed by atoms with Gasteiger partial charge in [0.15, 0.2) is 6.61 Å². The molecule has 0 unspecified atom stereocenters. The third-order valence-corrected chi connectivity index (χ3v) is 3.60. The maximum absolute atomic E-state index is 11.9. The van der Waals surface area contributed by atoms with Gasteiger partial charge in [0.2, 0.25) is 5.91 Å². The Kier molecular flexibility index (Phi) is 6.92. The number of carbonyl (C=O) groups is 3. The lowest BCUT2D eigenvalue weighted by Gasteiger charge is -2.09. The Hall–Kier alpha value is -3.37. The van der Waals surface area contributed by atoms with E-state index in [2.05, 4.69) is 10.6 Å². The van der Waals surface area contributed by atoms with Crippen LogP contribution in [0.1, 0.15) is 18.1 Å². The molecular formula is C19H16ClN3O4. The van der Waals surface area contributed by atoms with Gasteiger partial charge in [-0.15, -0.1) is 0 Å². The molecule has 0 spiro atoms. The zero-order chi connectivity index (χ0) is 19.8. The van der Waals surface area contributed by atoms with Crippen LogP contribution in [0.2, 0.25) is 5.02 Å². The van der Waals surface area contributed by atoms with Gasteiger partial charge in [0, 0.05) is 17.6 Å². The van der Waals surface area contributed by atoms with Crippen molar-refractivity contribution in [3.63, 3.8) is 0 Å². The number of halogens is 1. The van der Waals surface area contributed by atoms with E-state index in [1.807, 2.05) is 6.07 Å². The highest BCUT2D eigenvalue weighted by molar-refractivity contribution is 6.31. The minimum Gasteiger partial charge on any atom is -0.455 e. The monoisotopic (exact) mass is 385 g/mol. The van der Waals surface area contributed by atoms with Crippen LogP contribution >= 0.6 is 11.6 Å². The maximum atomic E-state index is 11.9. The average Bonchev–Trinajstić information content (AvgIpc) is 2.61. The van der Waals surface area contributed by atoms with Gasteiger partial charge in [-0.05, 0) is 35.9 Å². The molecule has 0 bridgehead atoms. The second kappa shape index (κ2) is 9.36. The van der Waals surface area contributed by atoms with Crippen molar-refractivity contribution in [2.45, 2.75) is 13.3 Å². The maximum Gasteiger partial charge on any atom is 0.310 e. The lowest BCUT2D eigenvalue weighted by molar-refractivity contribution is -0.146. The summed E-state index contributed by atoms with van der Waals surface area (Å²) in [6.45, 7) is 0.916. The van der Waals surface area contributed by atoms with Gasteiger partial charge in [-0.25, -0.2) is 0 Å². The number of amides is 2. The molecule has 0 radical (unpaired) electrons. The fourth-order valence-electron chi connectivity index (χ4n) is 2.18. The molecule has 0 saturated heterocycles. The molecule has 7 nitrogen and oxygen atoms in total. The van der Waals surface area contributed by atoms with Gasteiger partial charge in [0.05, 0.1) is 17.7 Å². The molecule has 0 fully saturated rings. The largest absolute Gasteiger partial charge is 0.455 e. The van der Waals surface area contributed by atoms with Gasteiger partial charge in [-0.3, -0.25) is 14.4 Å². The van der Waals surface area contributed by atoms with Gasteiger partial charge in [-0.2, -0.15) is 5.26 Å². The predicted molar refractivity (Wildman–Crippen MR) is 100 cm³/mol. The predicted octanol–water partition coefficient (Wildman–Crippen LogP) is 2.89. The molecule has 138 valence electrons. The summed E-state index contributed by atoms with van der Waals surface area (Å²) in [6.07, 6.45) is -0.0196. The quantitative estimate of drug-likeness (QED) is 0.743. The molecule has 0 saturated carbocycles. The molecule has 0 aliphatic heterocycles. The Morgan fingerprint density at radius 1 is 1.11 bits per heavy atom. The lowest BCUT2D eigenvalue weighted by Crippen LogP contribution is -2.22. The molecule has 2 aromatic rings. The lowest BCUT2D eigenvalue weighted by atomic mass is 10.1. The van der Waals surface area contributed by atoms with Crippen molar-refractivity contribution in [3.05, 3.63) is 58.6 Å². The van der Waals surface area contributed by atoms with Gasteiger partial charge in [0.1, 0.15) is 6.07 Å².